The Morgan fingerprint density at radius 3 is 2.62 bits per heavy atom. The molecule has 2 aliphatic heterocycles. The van der Waals surface area contributed by atoms with Gasteiger partial charge in [-0.3, -0.25) is 13.9 Å². The fourth-order valence-corrected chi connectivity index (χ4v) is 6.24. The maximum absolute atomic E-state index is 13.7. The van der Waals surface area contributed by atoms with Crippen LogP contribution in [0.1, 0.15) is 37.3 Å². The number of nitrogens with one attached hydrogen (secondary N) is 2. The van der Waals surface area contributed by atoms with Crippen LogP contribution in [0.15, 0.2) is 27.7 Å². The molecule has 0 bridgehead atoms. The van der Waals surface area contributed by atoms with E-state index in [1.165, 1.54) is 17.0 Å². The van der Waals surface area contributed by atoms with Crippen LogP contribution in [-0.4, -0.2) is 60.2 Å². The second kappa shape index (κ2) is 8.90. The largest absolute Gasteiger partial charge is 0.418 e. The molecule has 1 saturated carbocycles. The van der Waals surface area contributed by atoms with Crippen molar-refractivity contribution >= 4 is 21.4 Å². The Balaban J connectivity index is 1.49. The molecule has 1 aliphatic carbocycles. The highest BCUT2D eigenvalue weighted by Crippen LogP contribution is 2.50. The number of halogens is 4. The number of pyridine rings is 1. The normalized spacial score (nSPS) is 30.1. The van der Waals surface area contributed by atoms with Gasteiger partial charge in [-0.2, -0.15) is 13.2 Å². The molecule has 4 unspecified atom stereocenters. The van der Waals surface area contributed by atoms with Gasteiger partial charge >= 0.3 is 11.9 Å². The van der Waals surface area contributed by atoms with E-state index in [1.54, 1.807) is 7.11 Å². The molecule has 2 N–H and O–H groups in total. The number of aromatic nitrogens is 2. The number of methoxy groups -OCH3 is 1. The van der Waals surface area contributed by atoms with Gasteiger partial charge in [0, 0.05) is 35.4 Å². The lowest BCUT2D eigenvalue weighted by Gasteiger charge is -2.52. The van der Waals surface area contributed by atoms with Gasteiger partial charge in [-0.25, -0.2) is 15.6 Å². The van der Waals surface area contributed by atoms with Gasteiger partial charge in [-0.05, 0) is 60.6 Å². The van der Waals surface area contributed by atoms with Crippen LogP contribution in [0.3, 0.4) is 0 Å². The zero-order chi connectivity index (χ0) is 24.3. The topological polar surface area (TPSA) is 72.2 Å². The van der Waals surface area contributed by atoms with E-state index in [1.807, 2.05) is 0 Å². The predicted octanol–water partition coefficient (Wildman–Crippen LogP) is 2.97. The highest BCUT2D eigenvalue weighted by molar-refractivity contribution is 9.10. The number of imidazole rings is 1. The smallest absolute Gasteiger partial charge is 0.381 e. The van der Waals surface area contributed by atoms with Crippen LogP contribution >= 0.6 is 15.9 Å². The molecular weight excluding hydrogens is 519 g/mol. The maximum atomic E-state index is 13.7. The summed E-state index contributed by atoms with van der Waals surface area (Å²) in [6, 6.07) is 0.751. The van der Waals surface area contributed by atoms with E-state index in [0.29, 0.717) is 26.1 Å². The number of hydrogen-bond acceptors (Lipinski definition) is 6. The average Bonchev–Trinajstić information content (AvgIpc) is 3.31. The van der Waals surface area contributed by atoms with Crippen LogP contribution in [0.25, 0.3) is 5.52 Å². The van der Waals surface area contributed by atoms with Crippen molar-refractivity contribution < 1.29 is 22.6 Å². The molecule has 0 aromatic carbocycles. The highest BCUT2D eigenvalue weighted by atomic mass is 79.9. The molecule has 8 nitrogen and oxygen atoms in total. The third-order valence-electron chi connectivity index (χ3n) is 7.80. The summed E-state index contributed by atoms with van der Waals surface area (Å²) in [7, 11) is 3.71. The molecule has 34 heavy (non-hydrogen) atoms. The summed E-state index contributed by atoms with van der Waals surface area (Å²) >= 11 is 3.12. The molecule has 4 atom stereocenters. The molecule has 0 radical (unpaired) electrons. The zero-order valence-electron chi connectivity index (χ0n) is 19.1. The van der Waals surface area contributed by atoms with Crippen LogP contribution in [0.2, 0.25) is 0 Å². The summed E-state index contributed by atoms with van der Waals surface area (Å²) in [6.45, 7) is 2.01. The minimum Gasteiger partial charge on any atom is -0.381 e. The molecular formula is C22H29BrF3N5O3. The number of ether oxygens (including phenoxy) is 2. The van der Waals surface area contributed by atoms with E-state index in [9.17, 15) is 18.0 Å². The number of hydrogen-bond donors (Lipinski definition) is 2. The van der Waals surface area contributed by atoms with Gasteiger partial charge in [0.05, 0.1) is 43.2 Å². The SMILES string of the molecule is COC1CC(n2cc3c(C(F)(F)F)cc(Br)cn3c2=O)CC(C2(CC3NNCN3C)COC2)C1. The second-order valence-electron chi connectivity index (χ2n) is 9.87. The lowest BCUT2D eigenvalue weighted by Crippen LogP contribution is -2.55. The first-order valence-corrected chi connectivity index (χ1v) is 12.2. The summed E-state index contributed by atoms with van der Waals surface area (Å²) in [6.07, 6.45) is 1.24. The first-order chi connectivity index (χ1) is 16.1. The lowest BCUT2D eigenvalue weighted by atomic mass is 9.63. The van der Waals surface area contributed by atoms with E-state index in [2.05, 4.69) is 38.7 Å². The van der Waals surface area contributed by atoms with E-state index < -0.39 is 17.4 Å². The van der Waals surface area contributed by atoms with Crippen molar-refractivity contribution in [3.63, 3.8) is 0 Å². The van der Waals surface area contributed by atoms with E-state index >= 15 is 0 Å². The molecule has 2 saturated heterocycles. The Morgan fingerprint density at radius 2 is 2.03 bits per heavy atom. The fraction of sp³-hybridized carbons (Fsp3) is 0.682. The predicted molar refractivity (Wildman–Crippen MR) is 122 cm³/mol. The Morgan fingerprint density at radius 1 is 1.26 bits per heavy atom. The standard InChI is InChI=1S/C22H29BrF3N5O3/c1-29-12-27-28-19(29)7-21(10-34-11-21)13-3-15(6-16(4-13)33-2)30-9-18-17(22(24,25)26)5-14(23)8-31(18)20(30)32/h5,8-9,13,15-16,19,27-28H,3-4,6-7,10-12H2,1-2H3. The van der Waals surface area contributed by atoms with Crippen molar-refractivity contribution in [1.82, 2.24) is 24.7 Å². The second-order valence-corrected chi connectivity index (χ2v) is 10.8. The lowest BCUT2D eigenvalue weighted by molar-refractivity contribution is -0.175. The number of rotatable bonds is 5. The number of hydrazine groups is 1. The Kier molecular flexibility index (Phi) is 6.35. The van der Waals surface area contributed by atoms with Crippen molar-refractivity contribution in [2.75, 3.05) is 34.0 Å². The quantitative estimate of drug-likeness (QED) is 0.599. The molecule has 0 spiro atoms. The Labute approximate surface area is 203 Å². The van der Waals surface area contributed by atoms with Crippen molar-refractivity contribution in [3.8, 4) is 0 Å². The average molecular weight is 548 g/mol. The van der Waals surface area contributed by atoms with Crippen LogP contribution < -0.4 is 16.5 Å². The number of alkyl halides is 3. The molecule has 5 rings (SSSR count). The van der Waals surface area contributed by atoms with Gasteiger partial charge in [-0.1, -0.05) is 0 Å². The van der Waals surface area contributed by atoms with E-state index in [0.717, 1.165) is 30.0 Å². The van der Waals surface area contributed by atoms with Crippen LogP contribution in [0, 0.1) is 11.3 Å². The molecule has 12 heteroatoms. The monoisotopic (exact) mass is 547 g/mol. The summed E-state index contributed by atoms with van der Waals surface area (Å²) in [5.74, 6) is 0.212. The van der Waals surface area contributed by atoms with Crippen molar-refractivity contribution in [3.05, 3.63) is 39.0 Å². The number of fused-ring (bicyclic) bond motifs is 1. The van der Waals surface area contributed by atoms with Crippen LogP contribution in [0.4, 0.5) is 13.2 Å². The van der Waals surface area contributed by atoms with Gasteiger partial charge in [-0.15, -0.1) is 0 Å². The first kappa shape index (κ1) is 24.3. The summed E-state index contributed by atoms with van der Waals surface area (Å²) in [4.78, 5) is 15.5. The first-order valence-electron chi connectivity index (χ1n) is 11.4. The molecule has 4 heterocycles. The van der Waals surface area contributed by atoms with Gasteiger partial charge in [0.1, 0.15) is 0 Å². The van der Waals surface area contributed by atoms with Crippen molar-refractivity contribution in [2.24, 2.45) is 11.3 Å². The summed E-state index contributed by atoms with van der Waals surface area (Å²) in [5, 5.41) is 0. The summed E-state index contributed by atoms with van der Waals surface area (Å²) < 4.78 is 55.3. The minimum atomic E-state index is -4.57. The van der Waals surface area contributed by atoms with Crippen LogP contribution in [0.5, 0.6) is 0 Å². The van der Waals surface area contributed by atoms with E-state index in [-0.39, 0.29) is 39.6 Å². The third-order valence-corrected chi connectivity index (χ3v) is 8.24. The summed E-state index contributed by atoms with van der Waals surface area (Å²) in [5.41, 5.74) is 4.96. The molecule has 3 fully saturated rings. The van der Waals surface area contributed by atoms with Crippen molar-refractivity contribution in [2.45, 2.75) is 50.2 Å². The highest BCUT2D eigenvalue weighted by Gasteiger charge is 2.51. The van der Waals surface area contributed by atoms with Crippen LogP contribution in [-0.2, 0) is 15.7 Å². The molecule has 2 aromatic rings. The Bertz CT molecular complexity index is 1120. The third kappa shape index (κ3) is 4.22. The Hall–Kier alpha value is -1.44. The van der Waals surface area contributed by atoms with E-state index in [4.69, 9.17) is 9.47 Å². The van der Waals surface area contributed by atoms with Gasteiger partial charge in [0.15, 0.2) is 0 Å². The molecule has 188 valence electrons. The minimum absolute atomic E-state index is 0.0731. The molecule has 3 aliphatic rings. The van der Waals surface area contributed by atoms with Gasteiger partial charge < -0.3 is 9.47 Å². The molecule has 2 aromatic heterocycles. The molecule has 0 amide bonds. The zero-order valence-corrected chi connectivity index (χ0v) is 20.7. The van der Waals surface area contributed by atoms with Crippen molar-refractivity contribution in [1.29, 1.82) is 0 Å². The van der Waals surface area contributed by atoms with Gasteiger partial charge in [0.25, 0.3) is 0 Å². The maximum Gasteiger partial charge on any atom is 0.418 e. The number of nitrogens with zero attached hydrogens (tertiary/aromatic N) is 3. The van der Waals surface area contributed by atoms with Gasteiger partial charge in [0.2, 0.25) is 0 Å². The fourth-order valence-electron chi connectivity index (χ4n) is 5.80.